The molecule has 2 aromatic heterocycles. The number of piperidine rings is 1. The van der Waals surface area contributed by atoms with Crippen LogP contribution in [0.5, 0.6) is 5.75 Å². The summed E-state index contributed by atoms with van der Waals surface area (Å²) >= 11 is 0. The molecular weight excluding hydrogens is 416 g/mol. The van der Waals surface area contributed by atoms with Crippen LogP contribution in [0.4, 0.5) is 0 Å². The van der Waals surface area contributed by atoms with Crippen molar-refractivity contribution in [2.75, 3.05) is 33.8 Å². The second-order valence-electron chi connectivity index (χ2n) is 9.16. The number of aromatic nitrogens is 4. The molecule has 4 rings (SSSR count). The normalized spacial score (nSPS) is 15.6. The number of aromatic amines is 1. The highest BCUT2D eigenvalue weighted by Crippen LogP contribution is 2.30. The molecule has 1 aromatic carbocycles. The van der Waals surface area contributed by atoms with Crippen LogP contribution in [0.2, 0.25) is 0 Å². The van der Waals surface area contributed by atoms with E-state index in [2.05, 4.69) is 52.9 Å². The molecule has 8 heteroatoms. The summed E-state index contributed by atoms with van der Waals surface area (Å²) in [5.74, 6) is 2.05. The minimum Gasteiger partial charge on any atom is -0.493 e. The number of aryl methyl sites for hydroxylation is 2. The number of hydrogen-bond donors (Lipinski definition) is 1. The number of hydrogen-bond acceptors (Lipinski definition) is 6. The van der Waals surface area contributed by atoms with Gasteiger partial charge in [-0.15, -0.1) is 5.10 Å². The van der Waals surface area contributed by atoms with Crippen molar-refractivity contribution in [3.8, 4) is 17.1 Å². The lowest BCUT2D eigenvalue weighted by Crippen LogP contribution is -2.41. The third-order valence-corrected chi connectivity index (χ3v) is 6.51. The van der Waals surface area contributed by atoms with Gasteiger partial charge in [0, 0.05) is 19.0 Å². The molecule has 3 aromatic rings. The summed E-state index contributed by atoms with van der Waals surface area (Å²) in [5, 5.41) is 4.81. The third kappa shape index (κ3) is 4.96. The predicted octanol–water partition coefficient (Wildman–Crippen LogP) is 3.27. The average molecular weight is 453 g/mol. The van der Waals surface area contributed by atoms with Crippen LogP contribution in [0.3, 0.4) is 0 Å². The third-order valence-electron chi connectivity index (χ3n) is 6.51. The van der Waals surface area contributed by atoms with Gasteiger partial charge in [0.05, 0.1) is 17.9 Å². The van der Waals surface area contributed by atoms with Gasteiger partial charge in [-0.3, -0.25) is 9.69 Å². The number of likely N-dealkylation sites (tertiary alicyclic amines) is 1. The van der Waals surface area contributed by atoms with Crippen molar-refractivity contribution in [3.05, 3.63) is 45.6 Å². The van der Waals surface area contributed by atoms with Crippen molar-refractivity contribution >= 4 is 5.52 Å². The average Bonchev–Trinajstić information content (AvgIpc) is 3.11. The highest BCUT2D eigenvalue weighted by Gasteiger charge is 2.22. The van der Waals surface area contributed by atoms with Gasteiger partial charge in [0.2, 0.25) is 0 Å². The Kier molecular flexibility index (Phi) is 7.14. The van der Waals surface area contributed by atoms with E-state index in [1.165, 1.54) is 18.4 Å². The SMILES string of the molecule is CCCc1nc(C)c2c(=O)[nH]c(-c3cc(CN4CCC(N(C)C)CC4)ccc3OCC)nn12. The molecule has 178 valence electrons. The zero-order valence-electron chi connectivity index (χ0n) is 20.5. The first kappa shape index (κ1) is 23.4. The molecule has 0 spiro atoms. The van der Waals surface area contributed by atoms with E-state index in [9.17, 15) is 4.79 Å². The van der Waals surface area contributed by atoms with Crippen LogP contribution in [0.15, 0.2) is 23.0 Å². The first-order chi connectivity index (χ1) is 15.9. The van der Waals surface area contributed by atoms with Crippen LogP contribution in [-0.4, -0.2) is 69.2 Å². The topological polar surface area (TPSA) is 78.8 Å². The van der Waals surface area contributed by atoms with Crippen LogP contribution in [0.1, 0.15) is 50.2 Å². The predicted molar refractivity (Wildman–Crippen MR) is 131 cm³/mol. The fraction of sp³-hybridized carbons (Fsp3) is 0.560. The molecule has 0 atom stereocenters. The Labute approximate surface area is 195 Å². The molecular formula is C25H36N6O2. The van der Waals surface area contributed by atoms with Gasteiger partial charge < -0.3 is 14.6 Å². The van der Waals surface area contributed by atoms with Crippen molar-refractivity contribution in [1.29, 1.82) is 0 Å². The summed E-state index contributed by atoms with van der Waals surface area (Å²) in [4.78, 5) is 25.4. The van der Waals surface area contributed by atoms with Gasteiger partial charge in [0.15, 0.2) is 11.3 Å². The van der Waals surface area contributed by atoms with Crippen molar-refractivity contribution in [1.82, 2.24) is 29.4 Å². The lowest BCUT2D eigenvalue weighted by molar-refractivity contribution is 0.140. The lowest BCUT2D eigenvalue weighted by atomic mass is 10.0. The molecule has 0 bridgehead atoms. The molecule has 33 heavy (non-hydrogen) atoms. The number of imidazole rings is 1. The molecule has 0 unspecified atom stereocenters. The number of rotatable bonds is 8. The monoisotopic (exact) mass is 452 g/mol. The van der Waals surface area contributed by atoms with Gasteiger partial charge in [-0.2, -0.15) is 0 Å². The molecule has 8 nitrogen and oxygen atoms in total. The Bertz CT molecular complexity index is 1160. The second-order valence-corrected chi connectivity index (χ2v) is 9.16. The quantitative estimate of drug-likeness (QED) is 0.565. The van der Waals surface area contributed by atoms with Crippen molar-refractivity contribution in [3.63, 3.8) is 0 Å². The van der Waals surface area contributed by atoms with Crippen LogP contribution in [-0.2, 0) is 13.0 Å². The molecule has 0 amide bonds. The number of fused-ring (bicyclic) bond motifs is 1. The van der Waals surface area contributed by atoms with E-state index in [1.54, 1.807) is 4.52 Å². The minimum atomic E-state index is -0.175. The molecule has 0 aliphatic carbocycles. The summed E-state index contributed by atoms with van der Waals surface area (Å²) in [6, 6.07) is 6.88. The summed E-state index contributed by atoms with van der Waals surface area (Å²) in [5.41, 5.74) is 3.05. The van der Waals surface area contributed by atoms with Crippen LogP contribution in [0, 0.1) is 6.92 Å². The smallest absolute Gasteiger partial charge is 0.277 e. The lowest BCUT2D eigenvalue weighted by Gasteiger charge is -2.35. The first-order valence-corrected chi connectivity index (χ1v) is 12.0. The van der Waals surface area contributed by atoms with Gasteiger partial charge in [-0.05, 0) is 78.0 Å². The molecule has 0 saturated carbocycles. The molecule has 1 saturated heterocycles. The first-order valence-electron chi connectivity index (χ1n) is 12.0. The fourth-order valence-corrected chi connectivity index (χ4v) is 4.74. The Hall–Kier alpha value is -2.71. The maximum Gasteiger partial charge on any atom is 0.277 e. The number of nitrogens with zero attached hydrogens (tertiary/aromatic N) is 5. The molecule has 1 aliphatic rings. The van der Waals surface area contributed by atoms with E-state index in [4.69, 9.17) is 9.84 Å². The van der Waals surface area contributed by atoms with Gasteiger partial charge in [0.1, 0.15) is 11.6 Å². The molecule has 1 fully saturated rings. The largest absolute Gasteiger partial charge is 0.493 e. The second kappa shape index (κ2) is 10.1. The zero-order valence-corrected chi connectivity index (χ0v) is 20.5. The number of ether oxygens (including phenoxy) is 1. The Morgan fingerprint density at radius 2 is 1.97 bits per heavy atom. The van der Waals surface area contributed by atoms with Crippen molar-refractivity contribution < 1.29 is 4.74 Å². The van der Waals surface area contributed by atoms with Gasteiger partial charge in [-0.1, -0.05) is 13.0 Å². The number of H-pyrrole nitrogens is 1. The van der Waals surface area contributed by atoms with E-state index < -0.39 is 0 Å². The maximum absolute atomic E-state index is 13.0. The standard InChI is InChI=1S/C25H36N6O2/c1-6-8-22-26-17(3)23-25(32)27-24(28-31(22)23)20-15-18(9-10-21(20)33-7-2)16-30-13-11-19(12-14-30)29(4)5/h9-10,15,19H,6-8,11-14,16H2,1-5H3,(H,27,28,32). The van der Waals surface area contributed by atoms with E-state index in [1.807, 2.05) is 19.9 Å². The molecule has 3 heterocycles. The summed E-state index contributed by atoms with van der Waals surface area (Å²) in [6.07, 6.45) is 4.07. The highest BCUT2D eigenvalue weighted by molar-refractivity contribution is 5.66. The van der Waals surface area contributed by atoms with E-state index in [0.29, 0.717) is 29.7 Å². The Balaban J connectivity index is 1.68. The van der Waals surface area contributed by atoms with Crippen molar-refractivity contribution in [2.45, 2.75) is 59.0 Å². The van der Waals surface area contributed by atoms with Gasteiger partial charge >= 0.3 is 0 Å². The number of nitrogens with one attached hydrogen (secondary N) is 1. The highest BCUT2D eigenvalue weighted by atomic mass is 16.5. The van der Waals surface area contributed by atoms with E-state index in [0.717, 1.165) is 49.6 Å². The summed E-state index contributed by atoms with van der Waals surface area (Å²) in [6.45, 7) is 9.51. The van der Waals surface area contributed by atoms with Crippen LogP contribution in [0.25, 0.3) is 16.9 Å². The van der Waals surface area contributed by atoms with Gasteiger partial charge in [0.25, 0.3) is 5.56 Å². The fourth-order valence-electron chi connectivity index (χ4n) is 4.74. The molecule has 1 aliphatic heterocycles. The Morgan fingerprint density at radius 1 is 1.21 bits per heavy atom. The van der Waals surface area contributed by atoms with Crippen LogP contribution < -0.4 is 10.3 Å². The summed E-state index contributed by atoms with van der Waals surface area (Å²) < 4.78 is 7.62. The maximum atomic E-state index is 13.0. The number of benzene rings is 1. The van der Waals surface area contributed by atoms with Gasteiger partial charge in [-0.25, -0.2) is 9.50 Å². The van der Waals surface area contributed by atoms with Crippen LogP contribution >= 0.6 is 0 Å². The Morgan fingerprint density at radius 3 is 2.64 bits per heavy atom. The zero-order chi connectivity index (χ0) is 23.5. The minimum absolute atomic E-state index is 0.175. The molecule has 1 N–H and O–H groups in total. The van der Waals surface area contributed by atoms with E-state index in [-0.39, 0.29) is 5.56 Å². The van der Waals surface area contributed by atoms with E-state index >= 15 is 0 Å². The van der Waals surface area contributed by atoms with Crippen molar-refractivity contribution in [2.24, 2.45) is 0 Å². The summed E-state index contributed by atoms with van der Waals surface area (Å²) in [7, 11) is 4.33. The molecule has 0 radical (unpaired) electrons.